The van der Waals surface area contributed by atoms with Crippen molar-refractivity contribution in [2.24, 2.45) is 0 Å². The third-order valence-electron chi connectivity index (χ3n) is 1.89. The van der Waals surface area contributed by atoms with Gasteiger partial charge in [0.1, 0.15) is 11.6 Å². The van der Waals surface area contributed by atoms with E-state index in [4.69, 9.17) is 5.26 Å². The predicted molar refractivity (Wildman–Crippen MR) is 56.6 cm³/mol. The van der Waals surface area contributed by atoms with E-state index in [2.05, 4.69) is 5.32 Å². The molecule has 1 rings (SSSR count). The molecule has 0 spiro atoms. The quantitative estimate of drug-likeness (QED) is 0.604. The van der Waals surface area contributed by atoms with E-state index < -0.39 is 4.92 Å². The smallest absolute Gasteiger partial charge is 0.287 e. The van der Waals surface area contributed by atoms with Crippen molar-refractivity contribution in [1.29, 1.82) is 5.26 Å². The minimum atomic E-state index is -0.553. The second-order valence-corrected chi connectivity index (χ2v) is 3.03. The van der Waals surface area contributed by atoms with Crippen LogP contribution in [0.25, 0.3) is 0 Å². The van der Waals surface area contributed by atoms with Gasteiger partial charge in [-0.2, -0.15) is 5.26 Å². The maximum atomic E-state index is 10.5. The van der Waals surface area contributed by atoms with Crippen LogP contribution in [0.3, 0.4) is 0 Å². The van der Waals surface area contributed by atoms with Crippen LogP contribution >= 0.6 is 0 Å². The normalized spacial score (nSPS) is 9.33. The largest absolute Gasteiger partial charge is 0.385 e. The lowest BCUT2D eigenvalue weighted by atomic mass is 10.1. The van der Waals surface area contributed by atoms with E-state index in [1.54, 1.807) is 6.07 Å². The summed E-state index contributed by atoms with van der Waals surface area (Å²) in [6.07, 6.45) is 0.957. The second kappa shape index (κ2) is 4.96. The fourth-order valence-corrected chi connectivity index (χ4v) is 1.16. The molecule has 0 fully saturated rings. The highest BCUT2D eigenvalue weighted by atomic mass is 16.6. The van der Waals surface area contributed by atoms with Crippen molar-refractivity contribution in [3.63, 3.8) is 0 Å². The Morgan fingerprint density at radius 1 is 1.60 bits per heavy atom. The number of anilines is 1. The molecule has 0 aliphatic rings. The lowest BCUT2D eigenvalue weighted by Gasteiger charge is -2.04. The molecule has 15 heavy (non-hydrogen) atoms. The van der Waals surface area contributed by atoms with Gasteiger partial charge in [-0.3, -0.25) is 10.1 Å². The summed E-state index contributed by atoms with van der Waals surface area (Å²) in [6, 6.07) is 6.26. The van der Waals surface area contributed by atoms with Gasteiger partial charge in [0.25, 0.3) is 5.69 Å². The lowest BCUT2D eigenvalue weighted by molar-refractivity contribution is -0.385. The van der Waals surface area contributed by atoms with Crippen molar-refractivity contribution < 1.29 is 4.92 Å². The summed E-state index contributed by atoms with van der Waals surface area (Å²) in [6.45, 7) is 2.80. The summed E-state index contributed by atoms with van der Waals surface area (Å²) < 4.78 is 0. The average Bonchev–Trinajstić information content (AvgIpc) is 2.25. The molecule has 78 valence electrons. The first kappa shape index (κ1) is 11.0. The molecular weight excluding hydrogens is 194 g/mol. The molecule has 0 atom stereocenters. The molecule has 5 nitrogen and oxygen atoms in total. The van der Waals surface area contributed by atoms with Gasteiger partial charge >= 0.3 is 0 Å². The van der Waals surface area contributed by atoms with Crippen LogP contribution in [0.4, 0.5) is 11.4 Å². The van der Waals surface area contributed by atoms with Crippen LogP contribution in [0.2, 0.25) is 0 Å². The van der Waals surface area contributed by atoms with Gasteiger partial charge in [0.2, 0.25) is 0 Å². The molecule has 0 amide bonds. The molecule has 0 heterocycles. The van der Waals surface area contributed by atoms with Crippen LogP contribution in [0.5, 0.6) is 0 Å². The van der Waals surface area contributed by atoms with Crippen molar-refractivity contribution in [1.82, 2.24) is 0 Å². The van der Waals surface area contributed by atoms with Crippen molar-refractivity contribution in [2.45, 2.75) is 13.3 Å². The molecule has 1 N–H and O–H groups in total. The third kappa shape index (κ3) is 2.68. The molecule has 5 heteroatoms. The lowest BCUT2D eigenvalue weighted by Crippen LogP contribution is -2.00. The number of nitrogens with one attached hydrogen (secondary N) is 1. The Hall–Kier alpha value is -2.09. The summed E-state index contributed by atoms with van der Waals surface area (Å²) in [5.74, 6) is 0. The molecule has 0 bridgehead atoms. The first-order valence-electron chi connectivity index (χ1n) is 4.61. The molecule has 1 aromatic carbocycles. The zero-order valence-electron chi connectivity index (χ0n) is 8.36. The number of rotatable bonds is 4. The SMILES string of the molecule is CCCNc1ccc([N+](=O)[O-])c(C#N)c1. The summed E-state index contributed by atoms with van der Waals surface area (Å²) in [5, 5.41) is 22.3. The van der Waals surface area contributed by atoms with E-state index >= 15 is 0 Å². The Kier molecular flexibility index (Phi) is 3.63. The third-order valence-corrected chi connectivity index (χ3v) is 1.89. The molecule has 0 aliphatic heterocycles. The first-order chi connectivity index (χ1) is 7.19. The van der Waals surface area contributed by atoms with Crippen molar-refractivity contribution >= 4 is 11.4 Å². The molecule has 1 aromatic rings. The maximum Gasteiger partial charge on any atom is 0.287 e. The number of nitriles is 1. The van der Waals surface area contributed by atoms with Crippen LogP contribution in [0.1, 0.15) is 18.9 Å². The maximum absolute atomic E-state index is 10.5. The fraction of sp³-hybridized carbons (Fsp3) is 0.300. The fourth-order valence-electron chi connectivity index (χ4n) is 1.16. The molecule has 0 saturated heterocycles. The molecule has 0 aliphatic carbocycles. The topological polar surface area (TPSA) is 79.0 Å². The van der Waals surface area contributed by atoms with E-state index in [0.717, 1.165) is 18.7 Å². The molecular formula is C10H11N3O2. The molecule has 0 saturated carbocycles. The van der Waals surface area contributed by atoms with Crippen LogP contribution in [-0.4, -0.2) is 11.5 Å². The minimum Gasteiger partial charge on any atom is -0.385 e. The minimum absolute atomic E-state index is 0.0844. The van der Waals surface area contributed by atoms with Gasteiger partial charge in [-0.25, -0.2) is 0 Å². The summed E-state index contributed by atoms with van der Waals surface area (Å²) in [7, 11) is 0. The number of nitrogens with zero attached hydrogens (tertiary/aromatic N) is 2. The Labute approximate surface area is 87.5 Å². The zero-order chi connectivity index (χ0) is 11.3. The summed E-state index contributed by atoms with van der Waals surface area (Å²) >= 11 is 0. The highest BCUT2D eigenvalue weighted by molar-refractivity contribution is 5.58. The number of hydrogen-bond acceptors (Lipinski definition) is 4. The summed E-state index contributed by atoms with van der Waals surface area (Å²) in [4.78, 5) is 9.99. The van der Waals surface area contributed by atoms with Crippen LogP contribution < -0.4 is 5.32 Å². The molecule has 0 radical (unpaired) electrons. The van der Waals surface area contributed by atoms with Crippen molar-refractivity contribution in [3.8, 4) is 6.07 Å². The number of nitro groups is 1. The standard InChI is InChI=1S/C10H11N3O2/c1-2-5-12-9-3-4-10(13(14)15)8(6-9)7-11/h3-4,6,12H,2,5H2,1H3. The Bertz CT molecular complexity index is 410. The van der Waals surface area contributed by atoms with E-state index in [0.29, 0.717) is 0 Å². The van der Waals surface area contributed by atoms with E-state index in [1.165, 1.54) is 12.1 Å². The van der Waals surface area contributed by atoms with Gasteiger partial charge in [0, 0.05) is 18.3 Å². The van der Waals surface area contributed by atoms with E-state index in [9.17, 15) is 10.1 Å². The van der Waals surface area contributed by atoms with E-state index in [1.807, 2.05) is 13.0 Å². The molecule has 0 aromatic heterocycles. The monoisotopic (exact) mass is 205 g/mol. The Morgan fingerprint density at radius 2 is 2.33 bits per heavy atom. The van der Waals surface area contributed by atoms with Crippen LogP contribution in [0.15, 0.2) is 18.2 Å². The van der Waals surface area contributed by atoms with Gasteiger partial charge in [0.15, 0.2) is 0 Å². The van der Waals surface area contributed by atoms with Gasteiger partial charge < -0.3 is 5.32 Å². The number of nitro benzene ring substituents is 1. The van der Waals surface area contributed by atoms with Crippen molar-refractivity contribution in [3.05, 3.63) is 33.9 Å². The second-order valence-electron chi connectivity index (χ2n) is 3.03. The zero-order valence-corrected chi connectivity index (χ0v) is 8.36. The van der Waals surface area contributed by atoms with E-state index in [-0.39, 0.29) is 11.3 Å². The molecule has 0 unspecified atom stereocenters. The van der Waals surface area contributed by atoms with Gasteiger partial charge in [-0.15, -0.1) is 0 Å². The van der Waals surface area contributed by atoms with Crippen LogP contribution in [-0.2, 0) is 0 Å². The highest BCUT2D eigenvalue weighted by Gasteiger charge is 2.13. The van der Waals surface area contributed by atoms with Gasteiger partial charge in [-0.1, -0.05) is 6.92 Å². The Morgan fingerprint density at radius 3 is 2.87 bits per heavy atom. The summed E-state index contributed by atoms with van der Waals surface area (Å²) in [5.41, 5.74) is 0.666. The number of benzene rings is 1. The number of hydrogen-bond donors (Lipinski definition) is 1. The highest BCUT2D eigenvalue weighted by Crippen LogP contribution is 2.21. The Balaban J connectivity index is 2.98. The van der Waals surface area contributed by atoms with Gasteiger partial charge in [-0.05, 0) is 18.6 Å². The average molecular weight is 205 g/mol. The van der Waals surface area contributed by atoms with Gasteiger partial charge in [0.05, 0.1) is 4.92 Å². The predicted octanol–water partition coefficient (Wildman–Crippen LogP) is 2.29. The first-order valence-corrected chi connectivity index (χ1v) is 4.61. The van der Waals surface area contributed by atoms with Crippen LogP contribution in [0, 0.1) is 21.4 Å². The van der Waals surface area contributed by atoms with Crippen molar-refractivity contribution in [2.75, 3.05) is 11.9 Å².